The van der Waals surface area contributed by atoms with Crippen molar-refractivity contribution in [3.63, 3.8) is 0 Å². The standard InChI is InChI=1S/C29H42O5/c1-16-8-11-29(32-15-16)17(2)26-24(34-29)13-23-21-7-6-19-12-20(33-18(3)30)9-10-27(19,4)22(21)14-25(31)28(23,26)5/h14,16-17,19-21,23-24,26H,6-13,15H2,1-5H3/t16-,17+,19-,20+,21+,23+,24-,26-,27-,28+,29+/m0/s1. The molecule has 3 saturated carbocycles. The summed E-state index contributed by atoms with van der Waals surface area (Å²) in [6.45, 7) is 11.5. The van der Waals surface area contributed by atoms with Crippen LogP contribution in [0.4, 0.5) is 0 Å². The van der Waals surface area contributed by atoms with Crippen molar-refractivity contribution in [3.05, 3.63) is 11.6 Å². The van der Waals surface area contributed by atoms with Crippen LogP contribution in [0.1, 0.15) is 86.0 Å². The molecule has 2 heterocycles. The van der Waals surface area contributed by atoms with Gasteiger partial charge in [-0.3, -0.25) is 9.59 Å². The van der Waals surface area contributed by atoms with Crippen molar-refractivity contribution >= 4 is 11.8 Å². The van der Waals surface area contributed by atoms with Crippen molar-refractivity contribution in [2.45, 2.75) is 104 Å². The molecule has 5 heteroatoms. The van der Waals surface area contributed by atoms with Crippen molar-refractivity contribution < 1.29 is 23.8 Å². The van der Waals surface area contributed by atoms with Crippen molar-refractivity contribution in [2.75, 3.05) is 6.61 Å². The van der Waals surface area contributed by atoms with E-state index in [0.29, 0.717) is 29.5 Å². The van der Waals surface area contributed by atoms with Crippen molar-refractivity contribution in [2.24, 2.45) is 46.3 Å². The van der Waals surface area contributed by atoms with Crippen molar-refractivity contribution in [1.82, 2.24) is 0 Å². The van der Waals surface area contributed by atoms with Crippen LogP contribution in [0.15, 0.2) is 11.6 Å². The maximum absolute atomic E-state index is 14.0. The summed E-state index contributed by atoms with van der Waals surface area (Å²) < 4.78 is 18.8. The minimum Gasteiger partial charge on any atom is -0.463 e. The van der Waals surface area contributed by atoms with Crippen molar-refractivity contribution in [1.29, 1.82) is 0 Å². The van der Waals surface area contributed by atoms with Crippen LogP contribution in [0.25, 0.3) is 0 Å². The highest BCUT2D eigenvalue weighted by molar-refractivity contribution is 5.97. The van der Waals surface area contributed by atoms with E-state index in [1.54, 1.807) is 0 Å². The molecular weight excluding hydrogens is 428 g/mol. The molecule has 188 valence electrons. The smallest absolute Gasteiger partial charge is 0.302 e. The van der Waals surface area contributed by atoms with Gasteiger partial charge in [0.2, 0.25) is 0 Å². The summed E-state index contributed by atoms with van der Waals surface area (Å²) in [7, 11) is 0. The molecule has 5 nitrogen and oxygen atoms in total. The molecule has 0 amide bonds. The largest absolute Gasteiger partial charge is 0.463 e. The highest BCUT2D eigenvalue weighted by Gasteiger charge is 2.70. The van der Waals surface area contributed by atoms with E-state index >= 15 is 0 Å². The molecule has 2 saturated heterocycles. The van der Waals surface area contributed by atoms with Gasteiger partial charge in [0, 0.05) is 30.6 Å². The number of hydrogen-bond donors (Lipinski definition) is 0. The summed E-state index contributed by atoms with van der Waals surface area (Å²) in [4.78, 5) is 25.6. The van der Waals surface area contributed by atoms with Crippen LogP contribution < -0.4 is 0 Å². The first-order valence-electron chi connectivity index (χ1n) is 13.8. The lowest BCUT2D eigenvalue weighted by atomic mass is 9.48. The highest BCUT2D eigenvalue weighted by atomic mass is 16.7. The van der Waals surface area contributed by atoms with Crippen LogP contribution in [-0.2, 0) is 23.8 Å². The first-order valence-corrected chi connectivity index (χ1v) is 13.8. The van der Waals surface area contributed by atoms with E-state index in [1.807, 2.05) is 0 Å². The molecule has 0 aromatic carbocycles. The Hall–Kier alpha value is -1.20. The van der Waals surface area contributed by atoms with Crippen LogP contribution in [0.5, 0.6) is 0 Å². The zero-order valence-electron chi connectivity index (χ0n) is 21.6. The number of esters is 1. The summed E-state index contributed by atoms with van der Waals surface area (Å²) >= 11 is 0. The molecule has 0 bridgehead atoms. The normalized spacial score (nSPS) is 54.0. The molecule has 0 radical (unpaired) electrons. The van der Waals surface area contributed by atoms with Crippen LogP contribution in [0.3, 0.4) is 0 Å². The SMILES string of the molecule is CC(=O)O[C@@H]1CC[C@]2(C)C3=CC(=O)[C@]4(C)[C@@H]5[C@H](C[C@@H]4[C@@H]3CC[C@H]2C1)O[C@]1(CC[C@H](C)CO1)[C@@H]5C. The van der Waals surface area contributed by atoms with Gasteiger partial charge in [-0.1, -0.05) is 33.3 Å². The fourth-order valence-electron chi connectivity index (χ4n) is 9.61. The van der Waals surface area contributed by atoms with Gasteiger partial charge in [0.25, 0.3) is 0 Å². The number of allylic oxidation sites excluding steroid dienone is 2. The summed E-state index contributed by atoms with van der Waals surface area (Å²) in [5.74, 6) is 2.05. The van der Waals surface area contributed by atoms with E-state index in [0.717, 1.165) is 58.0 Å². The average Bonchev–Trinajstić information content (AvgIpc) is 3.23. The first-order chi connectivity index (χ1) is 16.1. The summed E-state index contributed by atoms with van der Waals surface area (Å²) in [6, 6.07) is 0. The minimum atomic E-state index is -0.487. The quantitative estimate of drug-likeness (QED) is 0.476. The van der Waals surface area contributed by atoms with Gasteiger partial charge in [-0.2, -0.15) is 0 Å². The highest BCUT2D eigenvalue weighted by Crippen LogP contribution is 2.69. The van der Waals surface area contributed by atoms with E-state index < -0.39 is 5.79 Å². The monoisotopic (exact) mass is 470 g/mol. The Morgan fingerprint density at radius 3 is 2.59 bits per heavy atom. The fourth-order valence-corrected chi connectivity index (χ4v) is 9.61. The molecule has 34 heavy (non-hydrogen) atoms. The Morgan fingerprint density at radius 2 is 1.88 bits per heavy atom. The lowest BCUT2D eigenvalue weighted by molar-refractivity contribution is -0.271. The molecule has 6 aliphatic rings. The molecular formula is C29H42O5. The zero-order valence-corrected chi connectivity index (χ0v) is 21.6. The molecule has 6 rings (SSSR count). The number of ether oxygens (including phenoxy) is 3. The number of rotatable bonds is 1. The summed E-state index contributed by atoms with van der Waals surface area (Å²) in [5, 5.41) is 0. The van der Waals surface area contributed by atoms with E-state index in [1.165, 1.54) is 12.5 Å². The molecule has 2 aliphatic heterocycles. The van der Waals surface area contributed by atoms with Gasteiger partial charge < -0.3 is 14.2 Å². The van der Waals surface area contributed by atoms with Gasteiger partial charge in [0.15, 0.2) is 11.6 Å². The third-order valence-electron chi connectivity index (χ3n) is 11.5. The predicted octanol–water partition coefficient (Wildman–Crippen LogP) is 5.46. The van der Waals surface area contributed by atoms with E-state index in [-0.39, 0.29) is 40.8 Å². The Bertz CT molecular complexity index is 915. The summed E-state index contributed by atoms with van der Waals surface area (Å²) in [6.07, 6.45) is 10.4. The van der Waals surface area contributed by atoms with Crippen LogP contribution in [0, 0.1) is 46.3 Å². The molecule has 11 atom stereocenters. The summed E-state index contributed by atoms with van der Waals surface area (Å²) in [5.41, 5.74) is 1.10. The van der Waals surface area contributed by atoms with Crippen LogP contribution in [-0.4, -0.2) is 36.4 Å². The van der Waals surface area contributed by atoms with E-state index in [2.05, 4.69) is 33.8 Å². The first kappa shape index (κ1) is 23.2. The fraction of sp³-hybridized carbons (Fsp3) is 0.862. The molecule has 0 aromatic heterocycles. The number of ketones is 1. The van der Waals surface area contributed by atoms with E-state index in [4.69, 9.17) is 14.2 Å². The molecule has 0 unspecified atom stereocenters. The average molecular weight is 471 g/mol. The zero-order chi connectivity index (χ0) is 24.0. The number of hydrogen-bond acceptors (Lipinski definition) is 5. The lowest BCUT2D eigenvalue weighted by Crippen LogP contribution is -2.53. The number of carbonyl (C=O) groups excluding carboxylic acids is 2. The maximum atomic E-state index is 14.0. The van der Waals surface area contributed by atoms with Crippen molar-refractivity contribution in [3.8, 4) is 0 Å². The predicted molar refractivity (Wildman–Crippen MR) is 128 cm³/mol. The molecule has 4 aliphatic carbocycles. The van der Waals surface area contributed by atoms with E-state index in [9.17, 15) is 9.59 Å². The molecule has 5 fully saturated rings. The minimum absolute atomic E-state index is 0.0340. The second kappa shape index (κ2) is 7.65. The molecule has 0 N–H and O–H groups in total. The van der Waals surface area contributed by atoms with Gasteiger partial charge in [0.1, 0.15) is 6.10 Å². The van der Waals surface area contributed by atoms with Gasteiger partial charge >= 0.3 is 5.97 Å². The van der Waals surface area contributed by atoms with Gasteiger partial charge in [-0.25, -0.2) is 0 Å². The number of carbonyl (C=O) groups is 2. The lowest BCUT2D eigenvalue weighted by Gasteiger charge is -2.56. The third kappa shape index (κ3) is 3.04. The Kier molecular flexibility index (Phi) is 5.22. The Labute approximate surface area is 204 Å². The second-order valence-electron chi connectivity index (χ2n) is 13.1. The number of fused-ring (bicyclic) bond motifs is 7. The third-order valence-corrected chi connectivity index (χ3v) is 11.5. The van der Waals surface area contributed by atoms with Gasteiger partial charge in [-0.15, -0.1) is 0 Å². The Balaban J connectivity index is 1.29. The van der Waals surface area contributed by atoms with Crippen LogP contribution >= 0.6 is 0 Å². The second-order valence-corrected chi connectivity index (χ2v) is 13.1. The van der Waals surface area contributed by atoms with Gasteiger partial charge in [-0.05, 0) is 80.1 Å². The maximum Gasteiger partial charge on any atom is 0.302 e. The Morgan fingerprint density at radius 1 is 1.09 bits per heavy atom. The topological polar surface area (TPSA) is 61.8 Å². The van der Waals surface area contributed by atoms with Crippen LogP contribution in [0.2, 0.25) is 0 Å². The molecule has 0 aromatic rings. The van der Waals surface area contributed by atoms with Gasteiger partial charge in [0.05, 0.1) is 12.7 Å². The molecule has 1 spiro atoms.